The summed E-state index contributed by atoms with van der Waals surface area (Å²) >= 11 is 0. The number of ether oxygens (including phenoxy) is 1. The molecule has 0 saturated heterocycles. The van der Waals surface area contributed by atoms with Crippen molar-refractivity contribution < 1.29 is 9.53 Å². The van der Waals surface area contributed by atoms with Crippen LogP contribution in [-0.2, 0) is 9.53 Å². The van der Waals surface area contributed by atoms with Crippen molar-refractivity contribution >= 4 is 44.1 Å². The zero-order valence-corrected chi connectivity index (χ0v) is 26.1. The first-order valence-corrected chi connectivity index (χ1v) is 16.5. The number of benzene rings is 4. The Morgan fingerprint density at radius 3 is 1.49 bits per heavy atom. The van der Waals surface area contributed by atoms with E-state index in [1.165, 1.54) is 32.9 Å². The molecular weight excluding hydrogens is 542 g/mol. The lowest BCUT2D eigenvalue weighted by molar-refractivity contribution is -0.137. The summed E-state index contributed by atoms with van der Waals surface area (Å²) in [4.78, 5) is 14.1. The first-order chi connectivity index (χ1) is 19.9. The second-order valence-corrected chi connectivity index (χ2v) is 14.0. The van der Waals surface area contributed by atoms with E-state index < -0.39 is 16.1 Å². The molecule has 0 saturated carbocycles. The number of aryl methyl sites for hydroxylation is 4. The predicted molar refractivity (Wildman–Crippen MR) is 177 cm³/mol. The van der Waals surface area contributed by atoms with Gasteiger partial charge in [-0.25, -0.2) is 4.79 Å². The summed E-state index contributed by atoms with van der Waals surface area (Å²) in [5.41, 5.74) is 6.93. The van der Waals surface area contributed by atoms with Crippen molar-refractivity contribution in [2.75, 3.05) is 15.9 Å². The molecule has 0 bridgehead atoms. The van der Waals surface area contributed by atoms with Crippen LogP contribution in [0, 0.1) is 27.7 Å². The standard InChI is InChI=1S/C35H36N2O2P2/c1-6-39-35(38)32(25-40(30-19-9-7-10-20-30)31-21-11-8-12-22-31)41-36(33-26(2)15-13-16-27(33)3)23-24-37(41)34-28(4)17-14-18-29(34)5/h7-25H,6H2,1-5H3/b32-25+. The Morgan fingerprint density at radius 1 is 0.683 bits per heavy atom. The Balaban J connectivity index is 1.77. The maximum Gasteiger partial charge on any atom is 0.342 e. The normalized spacial score (nSPS) is 13.8. The maximum atomic E-state index is 14.1. The van der Waals surface area contributed by atoms with E-state index in [9.17, 15) is 4.79 Å². The molecule has 0 N–H and O–H groups in total. The quantitative estimate of drug-likeness (QED) is 0.119. The minimum absolute atomic E-state index is 0.269. The highest BCUT2D eigenvalue weighted by atomic mass is 31.1. The Hall–Kier alpha value is -3.71. The second-order valence-electron chi connectivity index (χ2n) is 10.0. The van der Waals surface area contributed by atoms with Gasteiger partial charge in [-0.3, -0.25) is 0 Å². The number of hydrogen-bond acceptors (Lipinski definition) is 4. The van der Waals surface area contributed by atoms with Crippen LogP contribution in [-0.4, -0.2) is 12.6 Å². The van der Waals surface area contributed by atoms with Crippen LogP contribution in [0.15, 0.2) is 121 Å². The van der Waals surface area contributed by atoms with Crippen molar-refractivity contribution in [1.82, 2.24) is 0 Å². The van der Waals surface area contributed by atoms with Crippen molar-refractivity contribution in [3.05, 3.63) is 143 Å². The average Bonchev–Trinajstić information content (AvgIpc) is 3.38. The Morgan fingerprint density at radius 2 is 1.10 bits per heavy atom. The van der Waals surface area contributed by atoms with Gasteiger partial charge >= 0.3 is 5.97 Å². The summed E-state index contributed by atoms with van der Waals surface area (Å²) in [6, 6.07) is 33.7. The summed E-state index contributed by atoms with van der Waals surface area (Å²) in [5.74, 6) is 1.94. The molecule has 1 aliphatic rings. The van der Waals surface area contributed by atoms with Gasteiger partial charge in [-0.1, -0.05) is 97.1 Å². The molecule has 0 aliphatic carbocycles. The highest BCUT2D eigenvalue weighted by Gasteiger charge is 2.39. The molecule has 1 heterocycles. The summed E-state index contributed by atoms with van der Waals surface area (Å²) in [6.07, 6.45) is 4.26. The lowest BCUT2D eigenvalue weighted by Crippen LogP contribution is -2.23. The summed E-state index contributed by atoms with van der Waals surface area (Å²) < 4.78 is 10.4. The van der Waals surface area contributed by atoms with E-state index in [0.29, 0.717) is 11.9 Å². The largest absolute Gasteiger partial charge is 0.462 e. The van der Waals surface area contributed by atoms with Gasteiger partial charge in [-0.05, 0) is 81.2 Å². The zero-order valence-electron chi connectivity index (χ0n) is 24.3. The van der Waals surface area contributed by atoms with E-state index in [0.717, 1.165) is 11.4 Å². The molecule has 41 heavy (non-hydrogen) atoms. The third kappa shape index (κ3) is 6.01. The molecule has 0 unspecified atom stereocenters. The third-order valence-electron chi connectivity index (χ3n) is 7.11. The molecule has 4 aromatic carbocycles. The SMILES string of the molecule is CCOC(=O)/C(=C\P(c1ccccc1)c1ccccc1)P1N(c2c(C)cccc2C)C=CN1c1c(C)cccc1C. The number of para-hydroxylation sites is 2. The minimum atomic E-state index is -1.36. The molecule has 0 spiro atoms. The lowest BCUT2D eigenvalue weighted by atomic mass is 10.1. The first kappa shape index (κ1) is 28.8. The molecule has 0 aromatic heterocycles. The Bertz CT molecular complexity index is 1440. The average molecular weight is 579 g/mol. The fourth-order valence-corrected chi connectivity index (χ4v) is 10.2. The van der Waals surface area contributed by atoms with Crippen LogP contribution >= 0.6 is 16.1 Å². The second kappa shape index (κ2) is 12.9. The van der Waals surface area contributed by atoms with Crippen molar-refractivity contribution in [2.45, 2.75) is 34.6 Å². The predicted octanol–water partition coefficient (Wildman–Crippen LogP) is 8.57. The van der Waals surface area contributed by atoms with Crippen molar-refractivity contribution in [3.8, 4) is 0 Å². The summed E-state index contributed by atoms with van der Waals surface area (Å²) in [7, 11) is -2.34. The van der Waals surface area contributed by atoms with Gasteiger partial charge in [0.05, 0.1) is 18.0 Å². The van der Waals surface area contributed by atoms with E-state index >= 15 is 0 Å². The summed E-state index contributed by atoms with van der Waals surface area (Å²) in [5, 5.41) is 3.07. The van der Waals surface area contributed by atoms with Gasteiger partial charge in [-0.15, -0.1) is 0 Å². The lowest BCUT2D eigenvalue weighted by Gasteiger charge is -2.36. The minimum Gasteiger partial charge on any atom is -0.462 e. The number of carbonyl (C=O) groups is 1. The van der Waals surface area contributed by atoms with Crippen LogP contribution in [0.3, 0.4) is 0 Å². The van der Waals surface area contributed by atoms with E-state index in [4.69, 9.17) is 4.74 Å². The number of carbonyl (C=O) groups excluding carboxylic acids is 1. The smallest absolute Gasteiger partial charge is 0.342 e. The molecule has 4 nitrogen and oxygen atoms in total. The third-order valence-corrected chi connectivity index (χ3v) is 11.8. The van der Waals surface area contributed by atoms with Gasteiger partial charge in [0.2, 0.25) is 0 Å². The number of esters is 1. The van der Waals surface area contributed by atoms with Gasteiger partial charge in [-0.2, -0.15) is 0 Å². The van der Waals surface area contributed by atoms with Gasteiger partial charge in [0.15, 0.2) is 0 Å². The molecular formula is C35H36N2O2P2. The number of hydrogen-bond donors (Lipinski definition) is 0. The summed E-state index contributed by atoms with van der Waals surface area (Å²) in [6.45, 7) is 10.7. The van der Waals surface area contributed by atoms with Crippen LogP contribution in [0.2, 0.25) is 0 Å². The van der Waals surface area contributed by atoms with Crippen LogP contribution in [0.25, 0.3) is 0 Å². The first-order valence-electron chi connectivity index (χ1n) is 13.9. The Kier molecular flexibility index (Phi) is 9.03. The van der Waals surface area contributed by atoms with Gasteiger partial charge < -0.3 is 14.1 Å². The maximum absolute atomic E-state index is 14.1. The molecule has 0 fully saturated rings. The van der Waals surface area contributed by atoms with Crippen LogP contribution in [0.5, 0.6) is 0 Å². The monoisotopic (exact) mass is 578 g/mol. The molecule has 0 atom stereocenters. The van der Waals surface area contributed by atoms with Crippen molar-refractivity contribution in [2.24, 2.45) is 0 Å². The molecule has 4 aromatic rings. The van der Waals surface area contributed by atoms with E-state index in [1.807, 2.05) is 19.1 Å². The molecule has 1 aliphatic heterocycles. The van der Waals surface area contributed by atoms with Crippen LogP contribution in [0.4, 0.5) is 11.4 Å². The van der Waals surface area contributed by atoms with Gasteiger partial charge in [0, 0.05) is 12.4 Å². The molecule has 6 heteroatoms. The van der Waals surface area contributed by atoms with Crippen LogP contribution < -0.4 is 19.9 Å². The van der Waals surface area contributed by atoms with Gasteiger partial charge in [0.1, 0.15) is 13.5 Å². The van der Waals surface area contributed by atoms with E-state index in [2.05, 4.69) is 140 Å². The van der Waals surface area contributed by atoms with Crippen molar-refractivity contribution in [3.63, 3.8) is 0 Å². The number of anilines is 2. The van der Waals surface area contributed by atoms with Gasteiger partial charge in [0.25, 0.3) is 0 Å². The highest BCUT2D eigenvalue weighted by molar-refractivity contribution is 7.77. The van der Waals surface area contributed by atoms with Crippen molar-refractivity contribution in [1.29, 1.82) is 0 Å². The van der Waals surface area contributed by atoms with Crippen LogP contribution in [0.1, 0.15) is 29.2 Å². The zero-order chi connectivity index (χ0) is 28.9. The molecule has 208 valence electrons. The highest BCUT2D eigenvalue weighted by Crippen LogP contribution is 2.62. The van der Waals surface area contributed by atoms with E-state index in [-0.39, 0.29) is 5.97 Å². The topological polar surface area (TPSA) is 32.8 Å². The molecule has 0 amide bonds. The fraction of sp³-hybridized carbons (Fsp3) is 0.171. The molecule has 0 radical (unpaired) electrons. The number of rotatable bonds is 8. The van der Waals surface area contributed by atoms with E-state index in [1.54, 1.807) is 0 Å². The number of nitrogens with zero attached hydrogens (tertiary/aromatic N) is 2. The fourth-order valence-electron chi connectivity index (χ4n) is 5.25. The Labute approximate surface area is 246 Å². The molecule has 5 rings (SSSR count).